The Labute approximate surface area is 238 Å². The first-order valence-corrected chi connectivity index (χ1v) is 14.7. The van der Waals surface area contributed by atoms with Crippen LogP contribution in [0.4, 0.5) is 10.1 Å². The number of nitrogens with zero attached hydrogens (tertiary/aromatic N) is 2. The van der Waals surface area contributed by atoms with E-state index < -0.39 is 11.0 Å². The largest absolute Gasteiger partial charge is 0.352 e. The Morgan fingerprint density at radius 3 is 2.23 bits per heavy atom. The molecule has 210 valence electrons. The van der Waals surface area contributed by atoms with E-state index in [9.17, 15) is 24.1 Å². The van der Waals surface area contributed by atoms with E-state index in [0.717, 1.165) is 42.4 Å². The number of nitro benzene ring substituents is 1. The summed E-state index contributed by atoms with van der Waals surface area (Å²) < 4.78 is 13.6. The van der Waals surface area contributed by atoms with Crippen molar-refractivity contribution in [3.8, 4) is 0 Å². The molecule has 1 N–H and O–H groups in total. The number of carbonyl (C=O) groups is 2. The first kappa shape index (κ1) is 29.3. The Kier molecular flexibility index (Phi) is 10.7. The molecule has 2 amide bonds. The van der Waals surface area contributed by atoms with Gasteiger partial charge in [0.15, 0.2) is 0 Å². The average molecular weight is 564 g/mol. The molecule has 0 spiro atoms. The molecule has 3 aromatic rings. The minimum absolute atomic E-state index is 0.0167. The smallest absolute Gasteiger partial charge is 0.269 e. The summed E-state index contributed by atoms with van der Waals surface area (Å²) in [4.78, 5) is 39.6. The zero-order chi connectivity index (χ0) is 28.3. The number of hydrogen-bond acceptors (Lipinski definition) is 5. The van der Waals surface area contributed by atoms with Crippen molar-refractivity contribution >= 4 is 29.3 Å². The van der Waals surface area contributed by atoms with Crippen molar-refractivity contribution in [1.82, 2.24) is 10.2 Å². The molecule has 1 aliphatic rings. The highest BCUT2D eigenvalue weighted by Gasteiger charge is 2.31. The predicted molar refractivity (Wildman–Crippen MR) is 155 cm³/mol. The van der Waals surface area contributed by atoms with Crippen LogP contribution in [0.15, 0.2) is 78.9 Å². The molecule has 1 fully saturated rings. The number of nitro groups is 1. The fraction of sp³-hybridized carbons (Fsp3) is 0.355. The van der Waals surface area contributed by atoms with Gasteiger partial charge >= 0.3 is 0 Å². The van der Waals surface area contributed by atoms with Crippen LogP contribution in [-0.4, -0.2) is 39.5 Å². The number of rotatable bonds is 12. The van der Waals surface area contributed by atoms with Crippen LogP contribution in [-0.2, 0) is 28.3 Å². The van der Waals surface area contributed by atoms with E-state index in [1.165, 1.54) is 42.4 Å². The summed E-state index contributed by atoms with van der Waals surface area (Å²) in [5.74, 6) is -0.120. The van der Waals surface area contributed by atoms with Gasteiger partial charge in [-0.2, -0.15) is 0 Å². The number of halogens is 1. The molecule has 1 atom stereocenters. The standard InChI is InChI=1S/C31H34FN3O4S/c32-26-15-11-24(12-16-26)20-34(30(36)22-40-21-25-13-17-28(18-14-25)35(38)39)29(19-23-7-3-1-4-8-23)31(37)33-27-9-5-2-6-10-27/h1,3-4,7-8,11-18,27,29H,2,5-6,9-10,19-22H2,(H,33,37)/t29-/m1/s1. The normalized spacial score (nSPS) is 14.3. The Hall–Kier alpha value is -3.72. The molecule has 0 saturated heterocycles. The highest BCUT2D eigenvalue weighted by molar-refractivity contribution is 7.99. The van der Waals surface area contributed by atoms with Crippen molar-refractivity contribution in [3.63, 3.8) is 0 Å². The molecule has 1 aliphatic carbocycles. The summed E-state index contributed by atoms with van der Waals surface area (Å²) >= 11 is 1.39. The summed E-state index contributed by atoms with van der Waals surface area (Å²) in [6.45, 7) is 0.173. The first-order chi connectivity index (χ1) is 19.4. The molecule has 3 aromatic carbocycles. The van der Waals surface area contributed by atoms with E-state index in [-0.39, 0.29) is 41.7 Å². The van der Waals surface area contributed by atoms with Crippen LogP contribution in [0.5, 0.6) is 0 Å². The van der Waals surface area contributed by atoms with Gasteiger partial charge in [0.1, 0.15) is 11.9 Å². The Balaban J connectivity index is 1.54. The van der Waals surface area contributed by atoms with Crippen molar-refractivity contribution in [3.05, 3.63) is 111 Å². The van der Waals surface area contributed by atoms with Gasteiger partial charge in [0, 0.05) is 36.9 Å². The van der Waals surface area contributed by atoms with Crippen LogP contribution >= 0.6 is 11.8 Å². The van der Waals surface area contributed by atoms with Crippen molar-refractivity contribution in [1.29, 1.82) is 0 Å². The molecule has 7 nitrogen and oxygen atoms in total. The van der Waals surface area contributed by atoms with E-state index >= 15 is 0 Å². The third kappa shape index (κ3) is 8.64. The number of amides is 2. The van der Waals surface area contributed by atoms with Gasteiger partial charge in [-0.3, -0.25) is 19.7 Å². The molecular weight excluding hydrogens is 529 g/mol. The number of nitrogens with one attached hydrogen (secondary N) is 1. The fourth-order valence-corrected chi connectivity index (χ4v) is 5.81. The highest BCUT2D eigenvalue weighted by Crippen LogP contribution is 2.22. The lowest BCUT2D eigenvalue weighted by molar-refractivity contribution is -0.384. The Morgan fingerprint density at radius 1 is 0.925 bits per heavy atom. The van der Waals surface area contributed by atoms with Crippen LogP contribution in [0, 0.1) is 15.9 Å². The molecule has 4 rings (SSSR count). The predicted octanol–water partition coefficient (Wildman–Crippen LogP) is 6.06. The minimum atomic E-state index is -0.734. The van der Waals surface area contributed by atoms with Gasteiger partial charge < -0.3 is 10.2 Å². The monoisotopic (exact) mass is 563 g/mol. The molecule has 9 heteroatoms. The second-order valence-corrected chi connectivity index (χ2v) is 11.1. The van der Waals surface area contributed by atoms with Gasteiger partial charge in [0.05, 0.1) is 10.7 Å². The van der Waals surface area contributed by atoms with Crippen molar-refractivity contribution in [2.75, 3.05) is 5.75 Å². The van der Waals surface area contributed by atoms with E-state index in [2.05, 4.69) is 5.32 Å². The second kappa shape index (κ2) is 14.6. The molecule has 0 unspecified atom stereocenters. The maximum absolute atomic E-state index is 13.8. The molecule has 0 aliphatic heterocycles. The zero-order valence-electron chi connectivity index (χ0n) is 22.3. The number of hydrogen-bond donors (Lipinski definition) is 1. The van der Waals surface area contributed by atoms with Gasteiger partial charge in [-0.1, -0.05) is 73.9 Å². The summed E-state index contributed by atoms with van der Waals surface area (Å²) in [5.41, 5.74) is 2.56. The van der Waals surface area contributed by atoms with Crippen LogP contribution in [0.25, 0.3) is 0 Å². The maximum Gasteiger partial charge on any atom is 0.269 e. The number of thioether (sulfide) groups is 1. The molecule has 0 radical (unpaired) electrons. The molecular formula is C31H34FN3O4S. The quantitative estimate of drug-likeness (QED) is 0.214. The summed E-state index contributed by atoms with van der Waals surface area (Å²) in [5, 5.41) is 14.1. The fourth-order valence-electron chi connectivity index (χ4n) is 4.94. The number of non-ortho nitro benzene ring substituents is 1. The second-order valence-electron chi connectivity index (χ2n) is 10.1. The van der Waals surface area contributed by atoms with Crippen LogP contribution < -0.4 is 5.32 Å². The number of carbonyl (C=O) groups excluding carboxylic acids is 2. The van der Waals surface area contributed by atoms with Gasteiger partial charge in [-0.05, 0) is 41.7 Å². The van der Waals surface area contributed by atoms with E-state index in [4.69, 9.17) is 0 Å². The molecule has 1 saturated carbocycles. The van der Waals surface area contributed by atoms with Crippen LogP contribution in [0.1, 0.15) is 48.8 Å². The minimum Gasteiger partial charge on any atom is -0.352 e. The van der Waals surface area contributed by atoms with Crippen LogP contribution in [0.2, 0.25) is 0 Å². The lowest BCUT2D eigenvalue weighted by atomic mass is 9.94. The summed E-state index contributed by atoms with van der Waals surface area (Å²) in [6.07, 6.45) is 5.54. The maximum atomic E-state index is 13.8. The summed E-state index contributed by atoms with van der Waals surface area (Å²) in [7, 11) is 0. The molecule has 40 heavy (non-hydrogen) atoms. The van der Waals surface area contributed by atoms with Gasteiger partial charge in [-0.25, -0.2) is 4.39 Å². The van der Waals surface area contributed by atoms with Gasteiger partial charge in [0.2, 0.25) is 11.8 Å². The lowest BCUT2D eigenvalue weighted by Gasteiger charge is -2.33. The van der Waals surface area contributed by atoms with E-state index in [0.29, 0.717) is 12.2 Å². The van der Waals surface area contributed by atoms with Crippen molar-refractivity contribution in [2.24, 2.45) is 0 Å². The third-order valence-corrected chi connectivity index (χ3v) is 8.12. The highest BCUT2D eigenvalue weighted by atomic mass is 32.2. The molecule has 0 bridgehead atoms. The Bertz CT molecular complexity index is 1270. The average Bonchev–Trinajstić information content (AvgIpc) is 2.97. The van der Waals surface area contributed by atoms with Gasteiger partial charge in [0.25, 0.3) is 5.69 Å². The zero-order valence-corrected chi connectivity index (χ0v) is 23.2. The Morgan fingerprint density at radius 2 is 1.57 bits per heavy atom. The topological polar surface area (TPSA) is 92.6 Å². The molecule has 0 aromatic heterocycles. The first-order valence-electron chi connectivity index (χ1n) is 13.6. The summed E-state index contributed by atoms with van der Waals surface area (Å²) in [6, 6.07) is 21.3. The third-order valence-electron chi connectivity index (χ3n) is 7.13. The van der Waals surface area contributed by atoms with Crippen molar-refractivity contribution < 1.29 is 18.9 Å². The lowest BCUT2D eigenvalue weighted by Crippen LogP contribution is -2.53. The van der Waals surface area contributed by atoms with Crippen molar-refractivity contribution in [2.45, 2.75) is 62.9 Å². The van der Waals surface area contributed by atoms with E-state index in [1.54, 1.807) is 29.2 Å². The van der Waals surface area contributed by atoms with Gasteiger partial charge in [-0.15, -0.1) is 11.8 Å². The number of benzene rings is 3. The SMILES string of the molecule is O=C(NC1CCCCC1)[C@@H](Cc1ccccc1)N(Cc1ccc(F)cc1)C(=O)CSCc1ccc([N+](=O)[O-])cc1. The molecule has 0 heterocycles. The van der Waals surface area contributed by atoms with Crippen LogP contribution in [0.3, 0.4) is 0 Å². The van der Waals surface area contributed by atoms with E-state index in [1.807, 2.05) is 30.3 Å².